The van der Waals surface area contributed by atoms with Crippen molar-refractivity contribution in [3.63, 3.8) is 0 Å². The second kappa shape index (κ2) is 6.72. The summed E-state index contributed by atoms with van der Waals surface area (Å²) in [6.07, 6.45) is 0. The molecule has 1 amide bonds. The summed E-state index contributed by atoms with van der Waals surface area (Å²) in [5.41, 5.74) is 0. The summed E-state index contributed by atoms with van der Waals surface area (Å²) in [4.78, 5) is 13.9. The largest absolute Gasteiger partial charge is 0.360 e. The molecule has 102 valence electrons. The minimum atomic E-state index is -0.0490. The van der Waals surface area contributed by atoms with Gasteiger partial charge < -0.3 is 15.2 Å². The van der Waals surface area contributed by atoms with Crippen molar-refractivity contribution in [2.45, 2.75) is 19.9 Å². The number of aryl methyl sites for hydroxylation is 1. The summed E-state index contributed by atoms with van der Waals surface area (Å²) in [5.74, 6) is 1.12. The van der Waals surface area contributed by atoms with E-state index in [0.29, 0.717) is 24.2 Å². The molecule has 0 aliphatic carbocycles. The zero-order valence-corrected chi connectivity index (χ0v) is 11.4. The minimum Gasteiger partial charge on any atom is -0.360 e. The van der Waals surface area contributed by atoms with E-state index in [1.54, 1.807) is 13.0 Å². The molecule has 7 heteroatoms. The maximum Gasteiger partial charge on any atom is 0.239 e. The molecule has 0 saturated carbocycles. The Morgan fingerprint density at radius 2 is 2.50 bits per heavy atom. The average Bonchev–Trinajstić information content (AvgIpc) is 2.67. The molecule has 18 heavy (non-hydrogen) atoms. The van der Waals surface area contributed by atoms with E-state index in [2.05, 4.69) is 27.6 Å². The molecule has 1 aliphatic heterocycles. The molecule has 2 N–H and O–H groups in total. The van der Waals surface area contributed by atoms with Crippen molar-refractivity contribution in [3.05, 3.63) is 11.8 Å². The molecule has 2 heterocycles. The maximum absolute atomic E-state index is 11.8. The highest BCUT2D eigenvalue weighted by molar-refractivity contribution is 5.91. The van der Waals surface area contributed by atoms with Crippen LogP contribution in [0.1, 0.15) is 12.7 Å². The van der Waals surface area contributed by atoms with Crippen molar-refractivity contribution in [2.75, 3.05) is 31.5 Å². The normalized spacial score (nSPS) is 20.2. The summed E-state index contributed by atoms with van der Waals surface area (Å²) in [7, 11) is 0. The van der Waals surface area contributed by atoms with E-state index >= 15 is 0 Å². The third-order valence-electron chi connectivity index (χ3n) is 2.88. The molecule has 1 aromatic rings. The zero-order valence-electron chi connectivity index (χ0n) is 10.6. The summed E-state index contributed by atoms with van der Waals surface area (Å²) < 4.78 is 4.89. The molecule has 1 aliphatic rings. The number of halogens is 1. The van der Waals surface area contributed by atoms with Gasteiger partial charge in [0.25, 0.3) is 0 Å². The number of carbonyl (C=O) groups excluding carboxylic acids is 1. The van der Waals surface area contributed by atoms with E-state index in [1.807, 2.05) is 0 Å². The summed E-state index contributed by atoms with van der Waals surface area (Å²) in [5, 5.41) is 9.74. The molecular weight excluding hydrogens is 256 g/mol. The fraction of sp³-hybridized carbons (Fsp3) is 0.636. The van der Waals surface area contributed by atoms with Crippen LogP contribution in [0.5, 0.6) is 0 Å². The van der Waals surface area contributed by atoms with Crippen molar-refractivity contribution in [2.24, 2.45) is 0 Å². The minimum absolute atomic E-state index is 0. The standard InChI is InChI=1S/C11H18N4O2.ClH/c1-8-6-12-3-4-15(8)7-11(16)13-10-5-9(2)17-14-10;/h5,8,12H,3-4,6-7H2,1-2H3,(H,13,14,16);1H/t8-;/m0./s1. The molecule has 0 bridgehead atoms. The molecule has 0 aromatic carbocycles. The van der Waals surface area contributed by atoms with Gasteiger partial charge in [0.1, 0.15) is 5.76 Å². The van der Waals surface area contributed by atoms with Crippen LogP contribution in [0, 0.1) is 6.92 Å². The Morgan fingerprint density at radius 1 is 1.72 bits per heavy atom. The molecule has 0 unspecified atom stereocenters. The van der Waals surface area contributed by atoms with Crippen LogP contribution in [0.4, 0.5) is 5.82 Å². The lowest BCUT2D eigenvalue weighted by molar-refractivity contribution is -0.118. The Morgan fingerprint density at radius 3 is 3.11 bits per heavy atom. The van der Waals surface area contributed by atoms with Crippen molar-refractivity contribution in [1.29, 1.82) is 0 Å². The number of aromatic nitrogens is 1. The van der Waals surface area contributed by atoms with Gasteiger partial charge in [0.05, 0.1) is 6.54 Å². The lowest BCUT2D eigenvalue weighted by atomic mass is 10.2. The molecule has 1 fully saturated rings. The van der Waals surface area contributed by atoms with Crippen LogP contribution < -0.4 is 10.6 Å². The molecule has 1 aromatic heterocycles. The first-order valence-electron chi connectivity index (χ1n) is 5.83. The van der Waals surface area contributed by atoms with Gasteiger partial charge in [-0.2, -0.15) is 0 Å². The highest BCUT2D eigenvalue weighted by Crippen LogP contribution is 2.08. The molecule has 2 rings (SSSR count). The van der Waals surface area contributed by atoms with Crippen LogP contribution in [0.3, 0.4) is 0 Å². The Hall–Kier alpha value is -1.11. The zero-order chi connectivity index (χ0) is 12.3. The van der Waals surface area contributed by atoms with Crippen molar-refractivity contribution in [3.8, 4) is 0 Å². The van der Waals surface area contributed by atoms with Gasteiger partial charge in [-0.25, -0.2) is 0 Å². The lowest BCUT2D eigenvalue weighted by Crippen LogP contribution is -2.52. The first-order valence-corrected chi connectivity index (χ1v) is 5.83. The average molecular weight is 275 g/mol. The fourth-order valence-corrected chi connectivity index (χ4v) is 1.91. The number of anilines is 1. The van der Waals surface area contributed by atoms with Crippen LogP contribution in [-0.4, -0.2) is 48.2 Å². The number of piperazine rings is 1. The topological polar surface area (TPSA) is 70.4 Å². The van der Waals surface area contributed by atoms with Crippen LogP contribution in [-0.2, 0) is 4.79 Å². The molecule has 1 saturated heterocycles. The van der Waals surface area contributed by atoms with Gasteiger partial charge in [-0.1, -0.05) is 5.16 Å². The first-order chi connectivity index (χ1) is 8.15. The molecule has 0 radical (unpaired) electrons. The van der Waals surface area contributed by atoms with E-state index in [1.165, 1.54) is 0 Å². The van der Waals surface area contributed by atoms with Gasteiger partial charge in [0.15, 0.2) is 5.82 Å². The third kappa shape index (κ3) is 3.97. The van der Waals surface area contributed by atoms with Gasteiger partial charge in [0, 0.05) is 31.7 Å². The van der Waals surface area contributed by atoms with Crippen molar-refractivity contribution < 1.29 is 9.32 Å². The van der Waals surface area contributed by atoms with Crippen LogP contribution in [0.25, 0.3) is 0 Å². The van der Waals surface area contributed by atoms with Gasteiger partial charge >= 0.3 is 0 Å². The molecule has 6 nitrogen and oxygen atoms in total. The number of rotatable bonds is 3. The van der Waals surface area contributed by atoms with E-state index < -0.39 is 0 Å². The van der Waals surface area contributed by atoms with Gasteiger partial charge in [-0.05, 0) is 13.8 Å². The second-order valence-corrected chi connectivity index (χ2v) is 4.39. The molecule has 1 atom stereocenters. The Balaban J connectivity index is 0.00000162. The van der Waals surface area contributed by atoms with Crippen LogP contribution >= 0.6 is 12.4 Å². The summed E-state index contributed by atoms with van der Waals surface area (Å²) in [6, 6.07) is 2.09. The molecule has 0 spiro atoms. The van der Waals surface area contributed by atoms with Crippen molar-refractivity contribution >= 4 is 24.1 Å². The lowest BCUT2D eigenvalue weighted by Gasteiger charge is -2.33. The number of hydrogen-bond donors (Lipinski definition) is 2. The summed E-state index contributed by atoms with van der Waals surface area (Å²) >= 11 is 0. The monoisotopic (exact) mass is 274 g/mol. The number of hydrogen-bond acceptors (Lipinski definition) is 5. The Bertz CT molecular complexity index is 396. The van der Waals surface area contributed by atoms with E-state index in [-0.39, 0.29) is 18.3 Å². The molecular formula is C11H19ClN4O2. The number of nitrogens with one attached hydrogen (secondary N) is 2. The predicted molar refractivity (Wildman–Crippen MR) is 71.0 cm³/mol. The first kappa shape index (κ1) is 14.9. The number of carbonyl (C=O) groups is 1. The highest BCUT2D eigenvalue weighted by Gasteiger charge is 2.20. The number of amides is 1. The van der Waals surface area contributed by atoms with E-state index in [4.69, 9.17) is 4.52 Å². The Labute approximate surface area is 112 Å². The fourth-order valence-electron chi connectivity index (χ4n) is 1.91. The summed E-state index contributed by atoms with van der Waals surface area (Å²) in [6.45, 7) is 7.05. The van der Waals surface area contributed by atoms with E-state index in [0.717, 1.165) is 19.6 Å². The van der Waals surface area contributed by atoms with E-state index in [9.17, 15) is 4.79 Å². The smallest absolute Gasteiger partial charge is 0.239 e. The Kier molecular flexibility index (Phi) is 5.58. The van der Waals surface area contributed by atoms with Crippen LogP contribution in [0.15, 0.2) is 10.6 Å². The van der Waals surface area contributed by atoms with Gasteiger partial charge in [0.2, 0.25) is 5.91 Å². The van der Waals surface area contributed by atoms with Crippen molar-refractivity contribution in [1.82, 2.24) is 15.4 Å². The maximum atomic E-state index is 11.8. The van der Waals surface area contributed by atoms with Crippen LogP contribution in [0.2, 0.25) is 0 Å². The predicted octanol–water partition coefficient (Wildman–Crippen LogP) is 0.637. The number of nitrogens with zero attached hydrogens (tertiary/aromatic N) is 2. The van der Waals surface area contributed by atoms with Gasteiger partial charge in [-0.15, -0.1) is 12.4 Å². The van der Waals surface area contributed by atoms with Gasteiger partial charge in [-0.3, -0.25) is 9.69 Å². The highest BCUT2D eigenvalue weighted by atomic mass is 35.5. The SMILES string of the molecule is Cc1cc(NC(=O)CN2CCNC[C@@H]2C)no1.Cl. The second-order valence-electron chi connectivity index (χ2n) is 4.39. The third-order valence-corrected chi connectivity index (χ3v) is 2.88. The quantitative estimate of drug-likeness (QED) is 0.846.